The van der Waals surface area contributed by atoms with E-state index in [0.717, 1.165) is 16.7 Å². The molecule has 0 aliphatic heterocycles. The number of carbonyl (C=O) groups is 3. The number of aromatic hydroxyl groups is 1. The maximum absolute atomic E-state index is 13.9. The highest BCUT2D eigenvalue weighted by molar-refractivity contribution is 6.23. The first kappa shape index (κ1) is 24.8. The number of nitrogens with two attached hydrogens (primary N) is 1. The van der Waals surface area contributed by atoms with E-state index in [9.17, 15) is 34.8 Å². The summed E-state index contributed by atoms with van der Waals surface area (Å²) in [7, 11) is 0. The van der Waals surface area contributed by atoms with Gasteiger partial charge in [-0.25, -0.2) is 0 Å². The van der Waals surface area contributed by atoms with Crippen LogP contribution in [0.2, 0.25) is 0 Å². The van der Waals surface area contributed by atoms with E-state index in [2.05, 4.69) is 0 Å². The minimum Gasteiger partial charge on any atom is -0.508 e. The molecule has 0 bridgehead atoms. The zero-order chi connectivity index (χ0) is 27.0. The molecule has 192 valence electrons. The number of rotatable bonds is 3. The number of primary amides is 1. The van der Waals surface area contributed by atoms with Crippen molar-refractivity contribution in [2.45, 2.75) is 39.2 Å². The molecule has 3 aliphatic carbocycles. The first-order valence-corrected chi connectivity index (χ1v) is 12.3. The highest BCUT2D eigenvalue weighted by Gasteiger charge is 2.64. The van der Waals surface area contributed by atoms with Crippen molar-refractivity contribution in [3.8, 4) is 16.9 Å². The van der Waals surface area contributed by atoms with E-state index in [1.807, 2.05) is 31.2 Å². The largest absolute Gasteiger partial charge is 0.508 e. The van der Waals surface area contributed by atoms with Gasteiger partial charge in [-0.15, -0.1) is 0 Å². The molecule has 37 heavy (non-hydrogen) atoms. The normalized spacial score (nSPS) is 27.2. The van der Waals surface area contributed by atoms with Crippen molar-refractivity contribution in [3.05, 3.63) is 70.0 Å². The lowest BCUT2D eigenvalue weighted by atomic mass is 9.54. The lowest BCUT2D eigenvalue weighted by molar-refractivity contribution is -0.155. The second-order valence-corrected chi connectivity index (χ2v) is 10.6. The van der Waals surface area contributed by atoms with Gasteiger partial charge in [-0.05, 0) is 59.9 Å². The van der Waals surface area contributed by atoms with Crippen LogP contribution in [0.5, 0.6) is 5.75 Å². The summed E-state index contributed by atoms with van der Waals surface area (Å²) < 4.78 is 0. The molecule has 0 radical (unpaired) electrons. The van der Waals surface area contributed by atoms with Crippen molar-refractivity contribution in [2.24, 2.45) is 29.4 Å². The number of aliphatic hydroxyl groups excluding tert-OH is 2. The highest BCUT2D eigenvalue weighted by Crippen LogP contribution is 2.55. The Labute approximate surface area is 213 Å². The van der Waals surface area contributed by atoms with Crippen LogP contribution in [-0.2, 0) is 20.8 Å². The van der Waals surface area contributed by atoms with E-state index >= 15 is 0 Å². The van der Waals surface area contributed by atoms with Crippen LogP contribution in [0.15, 0.2) is 53.3 Å². The molecule has 6 N–H and O–H groups in total. The van der Waals surface area contributed by atoms with Crippen molar-refractivity contribution >= 4 is 23.2 Å². The Kier molecular flexibility index (Phi) is 5.56. The smallest absolute Gasteiger partial charge is 0.255 e. The number of phenolic OH excluding ortho intramolecular Hbond substituents is 1. The van der Waals surface area contributed by atoms with Gasteiger partial charge in [0.2, 0.25) is 5.78 Å². The number of Topliss-reactive ketones (excluding diaryl/α,β-unsaturated/α-hetero) is 2. The molecular weight excluding hydrogens is 474 g/mol. The monoisotopic (exact) mass is 503 g/mol. The summed E-state index contributed by atoms with van der Waals surface area (Å²) in [5, 5.41) is 44.7. The standard InChI is InChI=1S/C29H29NO7/c1-12(2)20-18-11-14-10-17-16(15-7-5-4-6-13(15)3)8-9-19(31)22(17)25(33)21(14)26(34)29(18,37)27(35)23(24(20)32)28(30)36/h4-9,12,14,18,20,31,33,35,37H,10-11H2,1-3H3,(H2,30,36)/t14-,18-,20-,29-/m0/s1. The van der Waals surface area contributed by atoms with Gasteiger partial charge in [-0.2, -0.15) is 0 Å². The Morgan fingerprint density at radius 2 is 1.73 bits per heavy atom. The van der Waals surface area contributed by atoms with Crippen LogP contribution >= 0.6 is 0 Å². The molecule has 0 aromatic heterocycles. The topological polar surface area (TPSA) is 158 Å². The Hall–Kier alpha value is -3.91. The predicted octanol–water partition coefficient (Wildman–Crippen LogP) is 3.28. The van der Waals surface area contributed by atoms with Gasteiger partial charge in [0.1, 0.15) is 22.8 Å². The van der Waals surface area contributed by atoms with Gasteiger partial charge >= 0.3 is 0 Å². The minimum absolute atomic E-state index is 0.0910. The number of aliphatic hydroxyl groups is 3. The van der Waals surface area contributed by atoms with Crippen LogP contribution < -0.4 is 5.73 Å². The molecule has 0 heterocycles. The Bertz CT molecular complexity index is 1450. The number of fused-ring (bicyclic) bond motifs is 3. The Balaban J connectivity index is 1.76. The molecule has 5 rings (SSSR count). The number of carbonyl (C=O) groups excluding carboxylic acids is 3. The Morgan fingerprint density at radius 1 is 1.05 bits per heavy atom. The van der Waals surface area contributed by atoms with Gasteiger partial charge in [0.05, 0.1) is 5.56 Å². The third-order valence-electron chi connectivity index (χ3n) is 8.29. The second kappa shape index (κ2) is 8.31. The van der Waals surface area contributed by atoms with E-state index in [1.54, 1.807) is 19.9 Å². The fraction of sp³-hybridized carbons (Fsp3) is 0.345. The molecule has 1 saturated carbocycles. The minimum atomic E-state index is -2.60. The molecule has 3 aliphatic rings. The summed E-state index contributed by atoms with van der Waals surface area (Å²) in [6.07, 6.45) is 0.353. The number of aryl methyl sites for hydroxylation is 1. The van der Waals surface area contributed by atoms with Crippen molar-refractivity contribution < 1.29 is 34.8 Å². The molecule has 4 atom stereocenters. The number of ketones is 2. The molecule has 0 spiro atoms. The molecule has 1 amide bonds. The van der Waals surface area contributed by atoms with Crippen molar-refractivity contribution in [2.75, 3.05) is 0 Å². The fourth-order valence-electron chi connectivity index (χ4n) is 6.61. The van der Waals surface area contributed by atoms with Crippen LogP contribution in [-0.4, -0.2) is 43.5 Å². The zero-order valence-corrected chi connectivity index (χ0v) is 20.8. The van der Waals surface area contributed by atoms with Crippen molar-refractivity contribution in [1.82, 2.24) is 0 Å². The zero-order valence-electron chi connectivity index (χ0n) is 20.8. The first-order valence-electron chi connectivity index (χ1n) is 12.3. The third kappa shape index (κ3) is 3.28. The van der Waals surface area contributed by atoms with Gasteiger partial charge in [0.25, 0.3) is 5.91 Å². The van der Waals surface area contributed by atoms with Crippen LogP contribution in [0, 0.1) is 30.6 Å². The molecule has 0 unspecified atom stereocenters. The van der Waals surface area contributed by atoms with Crippen LogP contribution in [0.3, 0.4) is 0 Å². The molecule has 2 aromatic rings. The Morgan fingerprint density at radius 3 is 2.35 bits per heavy atom. The van der Waals surface area contributed by atoms with E-state index in [0.29, 0.717) is 5.56 Å². The highest BCUT2D eigenvalue weighted by atomic mass is 16.3. The second-order valence-electron chi connectivity index (χ2n) is 10.6. The van der Waals surface area contributed by atoms with Gasteiger partial charge < -0.3 is 26.2 Å². The molecule has 2 aromatic carbocycles. The molecule has 8 nitrogen and oxygen atoms in total. The van der Waals surface area contributed by atoms with Crippen LogP contribution in [0.25, 0.3) is 16.9 Å². The fourth-order valence-corrected chi connectivity index (χ4v) is 6.61. The molecule has 0 saturated heterocycles. The van der Waals surface area contributed by atoms with Gasteiger partial charge in [-0.1, -0.05) is 44.2 Å². The SMILES string of the molecule is Cc1ccccc1-c1ccc(O)c2c1C[C@H]1C[C@H]3[C@H](C(C)C)C(=O)C(C(N)=O)=C(O)[C@@]3(O)C(=O)C1=C2O. The third-order valence-corrected chi connectivity index (χ3v) is 8.29. The summed E-state index contributed by atoms with van der Waals surface area (Å²) in [4.78, 5) is 39.2. The van der Waals surface area contributed by atoms with Crippen LogP contribution in [0.1, 0.15) is 37.0 Å². The summed E-state index contributed by atoms with van der Waals surface area (Å²) in [5.41, 5.74) is 5.28. The van der Waals surface area contributed by atoms with E-state index in [-0.39, 0.29) is 35.6 Å². The van der Waals surface area contributed by atoms with Gasteiger partial charge in [0.15, 0.2) is 11.4 Å². The van der Waals surface area contributed by atoms with E-state index < -0.39 is 57.9 Å². The number of benzene rings is 2. The quantitative estimate of drug-likeness (QED) is 0.402. The average Bonchev–Trinajstić information content (AvgIpc) is 2.82. The number of hydrogen-bond acceptors (Lipinski definition) is 7. The lowest BCUT2D eigenvalue weighted by Gasteiger charge is -2.50. The van der Waals surface area contributed by atoms with E-state index in [1.165, 1.54) is 6.07 Å². The van der Waals surface area contributed by atoms with Gasteiger partial charge in [-0.3, -0.25) is 14.4 Å². The maximum Gasteiger partial charge on any atom is 0.255 e. The predicted molar refractivity (Wildman–Crippen MR) is 135 cm³/mol. The summed E-state index contributed by atoms with van der Waals surface area (Å²) in [6, 6.07) is 10.9. The molecule has 8 heteroatoms. The number of phenols is 1. The van der Waals surface area contributed by atoms with Gasteiger partial charge in [0, 0.05) is 17.4 Å². The molecule has 1 fully saturated rings. The summed E-state index contributed by atoms with van der Waals surface area (Å²) in [6.45, 7) is 5.43. The van der Waals surface area contributed by atoms with E-state index in [4.69, 9.17) is 5.73 Å². The summed E-state index contributed by atoms with van der Waals surface area (Å²) in [5.74, 6) is -7.65. The van der Waals surface area contributed by atoms with Crippen molar-refractivity contribution in [3.63, 3.8) is 0 Å². The average molecular weight is 504 g/mol. The molecular formula is C29H29NO7. The lowest BCUT2D eigenvalue weighted by Crippen LogP contribution is -2.62. The van der Waals surface area contributed by atoms with Crippen LogP contribution in [0.4, 0.5) is 0 Å². The van der Waals surface area contributed by atoms with Crippen molar-refractivity contribution in [1.29, 1.82) is 0 Å². The number of hydrogen-bond donors (Lipinski definition) is 5. The summed E-state index contributed by atoms with van der Waals surface area (Å²) >= 11 is 0. The first-order chi connectivity index (χ1) is 17.4. The number of amides is 1. The maximum atomic E-state index is 13.9.